The van der Waals surface area contributed by atoms with Gasteiger partial charge in [0.15, 0.2) is 5.82 Å². The van der Waals surface area contributed by atoms with Crippen LogP contribution < -0.4 is 0 Å². The number of nitrogens with one attached hydrogen (secondary N) is 1. The van der Waals surface area contributed by atoms with E-state index in [1.807, 2.05) is 6.92 Å². The van der Waals surface area contributed by atoms with Crippen molar-refractivity contribution in [2.24, 2.45) is 0 Å². The van der Waals surface area contributed by atoms with Crippen LogP contribution in [0.2, 0.25) is 0 Å². The van der Waals surface area contributed by atoms with Gasteiger partial charge in [-0.05, 0) is 29.5 Å². The number of carbonyl (C=O) groups excluding carboxylic acids is 1. The maximum Gasteiger partial charge on any atom is 0.272 e. The van der Waals surface area contributed by atoms with Crippen LogP contribution in [0.25, 0.3) is 5.82 Å². The molecule has 1 aliphatic rings. The zero-order chi connectivity index (χ0) is 19.7. The Bertz CT molecular complexity index is 1070. The Balaban J connectivity index is 1.42. The van der Waals surface area contributed by atoms with Crippen molar-refractivity contribution in [2.75, 3.05) is 26.2 Å². The predicted octanol–water partition coefficient (Wildman–Crippen LogP) is -0.159. The second-order valence-corrected chi connectivity index (χ2v) is 8.34. The molecule has 1 N–H and O–H groups in total. The van der Waals surface area contributed by atoms with Crippen LogP contribution >= 0.6 is 0 Å². The predicted molar refractivity (Wildman–Crippen MR) is 97.1 cm³/mol. The Labute approximate surface area is 161 Å². The van der Waals surface area contributed by atoms with Gasteiger partial charge in [-0.1, -0.05) is 17.7 Å². The van der Waals surface area contributed by atoms with E-state index in [1.54, 1.807) is 35.2 Å². The van der Waals surface area contributed by atoms with Gasteiger partial charge in [0.2, 0.25) is 10.0 Å². The maximum absolute atomic E-state index is 12.8. The first kappa shape index (κ1) is 18.3. The van der Waals surface area contributed by atoms with Gasteiger partial charge in [0.05, 0.1) is 4.90 Å². The van der Waals surface area contributed by atoms with E-state index >= 15 is 0 Å². The molecule has 0 spiro atoms. The largest absolute Gasteiger partial charge is 0.335 e. The molecule has 1 aliphatic heterocycles. The molecule has 1 fully saturated rings. The number of hydrogen-bond donors (Lipinski definition) is 1. The zero-order valence-electron chi connectivity index (χ0n) is 15.1. The molecular weight excluding hydrogens is 384 g/mol. The summed E-state index contributed by atoms with van der Waals surface area (Å²) in [5, 5.41) is 17.5. The van der Waals surface area contributed by atoms with Crippen LogP contribution in [-0.4, -0.2) is 80.1 Å². The van der Waals surface area contributed by atoms with Crippen LogP contribution in [0.5, 0.6) is 0 Å². The standard InChI is InChI=1S/C16H18N8O3S/c1-12-2-4-13(5-3-12)28(26,27)23-8-6-22(7-9-23)16(25)14-10-15(19-18-14)24-11-17-20-21-24/h2-5,10-11H,6-9H2,1H3,(H,18,19). The summed E-state index contributed by atoms with van der Waals surface area (Å²) in [6, 6.07) is 8.30. The average Bonchev–Trinajstić information content (AvgIpc) is 3.39. The van der Waals surface area contributed by atoms with Gasteiger partial charge in [-0.25, -0.2) is 8.42 Å². The highest BCUT2D eigenvalue weighted by molar-refractivity contribution is 7.89. The van der Waals surface area contributed by atoms with Crippen molar-refractivity contribution >= 4 is 15.9 Å². The van der Waals surface area contributed by atoms with Gasteiger partial charge >= 0.3 is 0 Å². The molecule has 0 bridgehead atoms. The SMILES string of the molecule is Cc1ccc(S(=O)(=O)N2CCN(C(=O)c3cc(-n4cnnn4)n[nH]3)CC2)cc1. The minimum absolute atomic E-state index is 0.232. The van der Waals surface area contributed by atoms with E-state index in [9.17, 15) is 13.2 Å². The fraction of sp³-hybridized carbons (Fsp3) is 0.312. The first-order valence-corrected chi connectivity index (χ1v) is 10.0. The third-order valence-corrected chi connectivity index (χ3v) is 6.48. The summed E-state index contributed by atoms with van der Waals surface area (Å²) < 4.78 is 28.3. The smallest absolute Gasteiger partial charge is 0.272 e. The van der Waals surface area contributed by atoms with Gasteiger partial charge in [0.1, 0.15) is 12.0 Å². The van der Waals surface area contributed by atoms with Crippen LogP contribution in [0, 0.1) is 6.92 Å². The maximum atomic E-state index is 12.8. The number of H-pyrrole nitrogens is 1. The number of aromatic amines is 1. The zero-order valence-corrected chi connectivity index (χ0v) is 15.9. The first-order valence-electron chi connectivity index (χ1n) is 8.60. The van der Waals surface area contributed by atoms with E-state index in [0.717, 1.165) is 5.56 Å². The molecule has 146 valence electrons. The van der Waals surface area contributed by atoms with Crippen molar-refractivity contribution in [3.8, 4) is 5.82 Å². The molecule has 2 aromatic heterocycles. The summed E-state index contributed by atoms with van der Waals surface area (Å²) in [6.45, 7) is 2.96. The third kappa shape index (κ3) is 3.39. The molecule has 0 radical (unpaired) electrons. The number of hydrogen-bond acceptors (Lipinski definition) is 7. The lowest BCUT2D eigenvalue weighted by Crippen LogP contribution is -2.50. The molecule has 0 unspecified atom stereocenters. The summed E-state index contributed by atoms with van der Waals surface area (Å²) in [6.07, 6.45) is 1.37. The van der Waals surface area contributed by atoms with Gasteiger partial charge in [0.25, 0.3) is 5.91 Å². The lowest BCUT2D eigenvalue weighted by molar-refractivity contribution is 0.0692. The van der Waals surface area contributed by atoms with Crippen LogP contribution in [0.4, 0.5) is 0 Å². The topological polar surface area (TPSA) is 130 Å². The van der Waals surface area contributed by atoms with E-state index in [4.69, 9.17) is 0 Å². The van der Waals surface area contributed by atoms with E-state index in [-0.39, 0.29) is 23.9 Å². The second kappa shape index (κ2) is 7.13. The number of aromatic nitrogens is 6. The van der Waals surface area contributed by atoms with Crippen molar-refractivity contribution in [1.82, 2.24) is 39.6 Å². The highest BCUT2D eigenvalue weighted by Crippen LogP contribution is 2.19. The molecule has 1 saturated heterocycles. The number of piperazine rings is 1. The molecule has 11 nitrogen and oxygen atoms in total. The molecule has 0 atom stereocenters. The van der Waals surface area contributed by atoms with Gasteiger partial charge in [-0.3, -0.25) is 9.89 Å². The van der Waals surface area contributed by atoms with Gasteiger partial charge < -0.3 is 4.90 Å². The molecule has 0 saturated carbocycles. The van der Waals surface area contributed by atoms with Crippen molar-refractivity contribution in [2.45, 2.75) is 11.8 Å². The van der Waals surface area contributed by atoms with Crippen LogP contribution in [0.3, 0.4) is 0 Å². The van der Waals surface area contributed by atoms with Crippen LogP contribution in [0.1, 0.15) is 16.1 Å². The monoisotopic (exact) mass is 402 g/mol. The summed E-state index contributed by atoms with van der Waals surface area (Å²) in [4.78, 5) is 14.5. The number of sulfonamides is 1. The molecule has 0 aliphatic carbocycles. The number of carbonyl (C=O) groups is 1. The highest BCUT2D eigenvalue weighted by atomic mass is 32.2. The second-order valence-electron chi connectivity index (χ2n) is 6.40. The van der Waals surface area contributed by atoms with Crippen molar-refractivity contribution in [1.29, 1.82) is 0 Å². The Morgan fingerprint density at radius 1 is 1.11 bits per heavy atom. The van der Waals surface area contributed by atoms with E-state index in [2.05, 4.69) is 25.7 Å². The Hall–Kier alpha value is -3.12. The Kier molecular flexibility index (Phi) is 4.65. The van der Waals surface area contributed by atoms with Crippen molar-refractivity contribution in [3.05, 3.63) is 47.9 Å². The fourth-order valence-corrected chi connectivity index (χ4v) is 4.39. The number of nitrogens with zero attached hydrogens (tertiary/aromatic N) is 7. The quantitative estimate of drug-likeness (QED) is 0.642. The third-order valence-electron chi connectivity index (χ3n) is 4.56. The highest BCUT2D eigenvalue weighted by Gasteiger charge is 2.31. The number of benzene rings is 1. The molecule has 28 heavy (non-hydrogen) atoms. The van der Waals surface area contributed by atoms with Crippen LogP contribution in [-0.2, 0) is 10.0 Å². The van der Waals surface area contributed by atoms with Crippen molar-refractivity contribution in [3.63, 3.8) is 0 Å². The molecule has 3 heterocycles. The number of aryl methyl sites for hydroxylation is 1. The molecule has 1 amide bonds. The minimum atomic E-state index is -3.57. The van der Waals surface area contributed by atoms with Crippen molar-refractivity contribution < 1.29 is 13.2 Å². The summed E-state index contributed by atoms with van der Waals surface area (Å²) in [5.74, 6) is 0.146. The van der Waals surface area contributed by atoms with E-state index in [0.29, 0.717) is 24.6 Å². The minimum Gasteiger partial charge on any atom is -0.335 e. The summed E-state index contributed by atoms with van der Waals surface area (Å²) in [7, 11) is -3.57. The Morgan fingerprint density at radius 3 is 2.46 bits per heavy atom. The first-order chi connectivity index (χ1) is 13.4. The van der Waals surface area contributed by atoms with Gasteiger partial charge in [-0.15, -0.1) is 5.10 Å². The Morgan fingerprint density at radius 2 is 1.82 bits per heavy atom. The normalized spacial score (nSPS) is 15.7. The molecule has 3 aromatic rings. The lowest BCUT2D eigenvalue weighted by atomic mass is 10.2. The lowest BCUT2D eigenvalue weighted by Gasteiger charge is -2.33. The number of tetrazole rings is 1. The summed E-state index contributed by atoms with van der Waals surface area (Å²) >= 11 is 0. The van der Waals surface area contributed by atoms with Gasteiger partial charge in [0, 0.05) is 32.2 Å². The molecule has 12 heteroatoms. The van der Waals surface area contributed by atoms with Gasteiger partial charge in [-0.2, -0.15) is 14.1 Å². The van der Waals surface area contributed by atoms with E-state index in [1.165, 1.54) is 15.3 Å². The fourth-order valence-electron chi connectivity index (χ4n) is 2.97. The summed E-state index contributed by atoms with van der Waals surface area (Å²) in [5.41, 5.74) is 1.29. The van der Waals surface area contributed by atoms with Crippen LogP contribution in [0.15, 0.2) is 41.6 Å². The molecular formula is C16H18N8O3S. The molecule has 4 rings (SSSR count). The number of rotatable bonds is 4. The van der Waals surface area contributed by atoms with E-state index < -0.39 is 10.0 Å². The number of amides is 1. The average molecular weight is 402 g/mol. The molecule has 1 aromatic carbocycles.